The molecule has 1 aromatic heterocycles. The summed E-state index contributed by atoms with van der Waals surface area (Å²) in [5.74, 6) is 1.13. The predicted octanol–water partition coefficient (Wildman–Crippen LogP) is 4.46. The lowest BCUT2D eigenvalue weighted by atomic mass is 10.1. The molecule has 1 heterocycles. The maximum absolute atomic E-state index is 5.96. The number of hydrogen-bond acceptors (Lipinski definition) is 2. The number of hydrogen-bond donors (Lipinski definition) is 0. The van der Waals surface area contributed by atoms with Crippen molar-refractivity contribution in [1.82, 2.24) is 4.98 Å². The van der Waals surface area contributed by atoms with Crippen molar-refractivity contribution in [1.29, 1.82) is 0 Å². The van der Waals surface area contributed by atoms with E-state index >= 15 is 0 Å². The van der Waals surface area contributed by atoms with Crippen LogP contribution in [0.5, 0.6) is 0 Å². The SMILES string of the molecule is CCC(C)CN(C)c1cc(CCl)nc2ccccc12. The summed E-state index contributed by atoms with van der Waals surface area (Å²) < 4.78 is 0. The fourth-order valence-electron chi connectivity index (χ4n) is 2.29. The maximum atomic E-state index is 5.96. The molecule has 0 fully saturated rings. The van der Waals surface area contributed by atoms with Crippen LogP contribution in [0.25, 0.3) is 10.9 Å². The molecule has 1 unspecified atom stereocenters. The Morgan fingerprint density at radius 2 is 2.05 bits per heavy atom. The van der Waals surface area contributed by atoms with Crippen LogP contribution in [0.4, 0.5) is 5.69 Å². The van der Waals surface area contributed by atoms with E-state index in [1.165, 1.54) is 17.5 Å². The van der Waals surface area contributed by atoms with Gasteiger partial charge in [-0.3, -0.25) is 4.98 Å². The highest BCUT2D eigenvalue weighted by molar-refractivity contribution is 6.17. The van der Waals surface area contributed by atoms with Crippen molar-refractivity contribution in [2.24, 2.45) is 5.92 Å². The molecule has 102 valence electrons. The van der Waals surface area contributed by atoms with Gasteiger partial charge in [-0.15, -0.1) is 11.6 Å². The van der Waals surface area contributed by atoms with Crippen molar-refractivity contribution in [3.05, 3.63) is 36.0 Å². The van der Waals surface area contributed by atoms with Crippen molar-refractivity contribution in [3.8, 4) is 0 Å². The Morgan fingerprint density at radius 1 is 1.32 bits per heavy atom. The summed E-state index contributed by atoms with van der Waals surface area (Å²) >= 11 is 5.96. The monoisotopic (exact) mass is 276 g/mol. The Kier molecular flexibility index (Phi) is 4.65. The fraction of sp³-hybridized carbons (Fsp3) is 0.438. The van der Waals surface area contributed by atoms with Crippen LogP contribution in [0, 0.1) is 5.92 Å². The molecule has 0 aliphatic heterocycles. The number of anilines is 1. The van der Waals surface area contributed by atoms with Crippen molar-refractivity contribution in [2.45, 2.75) is 26.1 Å². The Balaban J connectivity index is 2.45. The van der Waals surface area contributed by atoms with E-state index in [0.29, 0.717) is 11.8 Å². The fourth-order valence-corrected chi connectivity index (χ4v) is 2.43. The smallest absolute Gasteiger partial charge is 0.0726 e. The molecule has 2 aromatic rings. The largest absolute Gasteiger partial charge is 0.374 e. The van der Waals surface area contributed by atoms with E-state index in [1.807, 2.05) is 12.1 Å². The van der Waals surface area contributed by atoms with Crippen LogP contribution in [0.3, 0.4) is 0 Å². The van der Waals surface area contributed by atoms with E-state index in [-0.39, 0.29) is 0 Å². The second-order valence-electron chi connectivity index (χ2n) is 5.18. The zero-order chi connectivity index (χ0) is 13.8. The zero-order valence-corrected chi connectivity index (χ0v) is 12.6. The molecule has 1 aromatic carbocycles. The molecule has 3 heteroatoms. The van der Waals surface area contributed by atoms with Crippen LogP contribution in [0.2, 0.25) is 0 Å². The van der Waals surface area contributed by atoms with Gasteiger partial charge in [0.05, 0.1) is 17.1 Å². The summed E-state index contributed by atoms with van der Waals surface area (Å²) in [5.41, 5.74) is 3.18. The highest BCUT2D eigenvalue weighted by Gasteiger charge is 2.11. The number of aromatic nitrogens is 1. The lowest BCUT2D eigenvalue weighted by molar-refractivity contribution is 0.560. The third-order valence-corrected chi connectivity index (χ3v) is 3.85. The second kappa shape index (κ2) is 6.25. The molecule has 0 aliphatic rings. The van der Waals surface area contributed by atoms with E-state index in [2.05, 4.69) is 49.0 Å². The summed E-state index contributed by atoms with van der Waals surface area (Å²) in [7, 11) is 2.14. The quantitative estimate of drug-likeness (QED) is 0.750. The third-order valence-electron chi connectivity index (χ3n) is 3.58. The van der Waals surface area contributed by atoms with Gasteiger partial charge >= 0.3 is 0 Å². The van der Waals surface area contributed by atoms with E-state index in [1.54, 1.807) is 0 Å². The van der Waals surface area contributed by atoms with Gasteiger partial charge in [0.15, 0.2) is 0 Å². The van der Waals surface area contributed by atoms with E-state index in [4.69, 9.17) is 11.6 Å². The van der Waals surface area contributed by atoms with Gasteiger partial charge in [0.25, 0.3) is 0 Å². The second-order valence-corrected chi connectivity index (χ2v) is 5.44. The first-order chi connectivity index (χ1) is 9.15. The van der Waals surface area contributed by atoms with Gasteiger partial charge in [-0.05, 0) is 18.1 Å². The highest BCUT2D eigenvalue weighted by atomic mass is 35.5. The third kappa shape index (κ3) is 3.19. The topological polar surface area (TPSA) is 16.1 Å². The Labute approximate surface area is 120 Å². The lowest BCUT2D eigenvalue weighted by Gasteiger charge is -2.24. The molecule has 0 saturated heterocycles. The normalized spacial score (nSPS) is 12.6. The van der Waals surface area contributed by atoms with Gasteiger partial charge in [-0.2, -0.15) is 0 Å². The molecule has 2 rings (SSSR count). The highest BCUT2D eigenvalue weighted by Crippen LogP contribution is 2.27. The van der Waals surface area contributed by atoms with Crippen molar-refractivity contribution >= 4 is 28.2 Å². The number of benzene rings is 1. The molecule has 0 aliphatic carbocycles. The Bertz CT molecular complexity index is 553. The van der Waals surface area contributed by atoms with Crippen molar-refractivity contribution in [3.63, 3.8) is 0 Å². The van der Waals surface area contributed by atoms with Crippen LogP contribution in [0.1, 0.15) is 26.0 Å². The number of rotatable bonds is 5. The van der Waals surface area contributed by atoms with Crippen LogP contribution in [-0.4, -0.2) is 18.6 Å². The number of nitrogens with zero attached hydrogens (tertiary/aromatic N) is 2. The van der Waals surface area contributed by atoms with Gasteiger partial charge in [-0.1, -0.05) is 38.5 Å². The summed E-state index contributed by atoms with van der Waals surface area (Å²) in [6, 6.07) is 10.4. The van der Waals surface area contributed by atoms with E-state index < -0.39 is 0 Å². The number of para-hydroxylation sites is 1. The molecule has 1 atom stereocenters. The standard InChI is InChI=1S/C16H21ClN2/c1-4-12(2)11-19(3)16-9-13(10-17)18-15-8-6-5-7-14(15)16/h5-9,12H,4,10-11H2,1-3H3. The lowest BCUT2D eigenvalue weighted by Crippen LogP contribution is -2.24. The van der Waals surface area contributed by atoms with Crippen LogP contribution < -0.4 is 4.90 Å². The number of fused-ring (bicyclic) bond motifs is 1. The summed E-state index contributed by atoms with van der Waals surface area (Å²) in [6.07, 6.45) is 1.19. The summed E-state index contributed by atoms with van der Waals surface area (Å²) in [6.45, 7) is 5.56. The molecule has 2 nitrogen and oxygen atoms in total. The zero-order valence-electron chi connectivity index (χ0n) is 11.9. The van der Waals surface area contributed by atoms with Gasteiger partial charge in [0.2, 0.25) is 0 Å². The first-order valence-corrected chi connectivity index (χ1v) is 7.35. The summed E-state index contributed by atoms with van der Waals surface area (Å²) in [5, 5.41) is 1.20. The first kappa shape index (κ1) is 14.1. The van der Waals surface area contributed by atoms with Crippen molar-refractivity contribution < 1.29 is 0 Å². The van der Waals surface area contributed by atoms with Gasteiger partial charge < -0.3 is 4.90 Å². The number of halogens is 1. The average molecular weight is 277 g/mol. The van der Waals surface area contributed by atoms with Crippen LogP contribution >= 0.6 is 11.6 Å². The number of pyridine rings is 1. The molecule has 0 saturated carbocycles. The minimum atomic E-state index is 0.453. The van der Waals surface area contributed by atoms with Gasteiger partial charge in [-0.25, -0.2) is 0 Å². The van der Waals surface area contributed by atoms with Gasteiger partial charge in [0, 0.05) is 24.7 Å². The maximum Gasteiger partial charge on any atom is 0.0726 e. The molecule has 19 heavy (non-hydrogen) atoms. The molecular weight excluding hydrogens is 256 g/mol. The first-order valence-electron chi connectivity index (χ1n) is 6.81. The summed E-state index contributed by atoms with van der Waals surface area (Å²) in [4.78, 5) is 6.89. The Hall–Kier alpha value is -1.28. The molecule has 0 spiro atoms. The van der Waals surface area contributed by atoms with Crippen molar-refractivity contribution in [2.75, 3.05) is 18.5 Å². The molecular formula is C16H21ClN2. The molecule has 0 amide bonds. The molecule has 0 N–H and O–H groups in total. The van der Waals surface area contributed by atoms with Crippen LogP contribution in [0.15, 0.2) is 30.3 Å². The minimum Gasteiger partial charge on any atom is -0.374 e. The molecule has 0 radical (unpaired) electrons. The predicted molar refractivity (Wildman–Crippen MR) is 84.0 cm³/mol. The molecule has 0 bridgehead atoms. The number of alkyl halides is 1. The minimum absolute atomic E-state index is 0.453. The Morgan fingerprint density at radius 3 is 2.74 bits per heavy atom. The van der Waals surface area contributed by atoms with Crippen LogP contribution in [-0.2, 0) is 5.88 Å². The van der Waals surface area contributed by atoms with Gasteiger partial charge in [0.1, 0.15) is 0 Å². The van der Waals surface area contributed by atoms with E-state index in [9.17, 15) is 0 Å². The average Bonchev–Trinajstić information content (AvgIpc) is 2.45. The van der Waals surface area contributed by atoms with E-state index in [0.717, 1.165) is 17.8 Å².